The van der Waals surface area contributed by atoms with Gasteiger partial charge in [-0.1, -0.05) is 17.4 Å². The maximum absolute atomic E-state index is 12.4. The van der Waals surface area contributed by atoms with Crippen LogP contribution in [0.1, 0.15) is 29.6 Å². The van der Waals surface area contributed by atoms with E-state index < -0.39 is 0 Å². The van der Waals surface area contributed by atoms with Crippen LogP contribution in [-0.2, 0) is 4.79 Å². The number of thiazole rings is 1. The number of fused-ring (bicyclic) bond motifs is 1. The molecule has 0 radical (unpaired) electrons. The van der Waals surface area contributed by atoms with E-state index in [4.69, 9.17) is 0 Å². The molecule has 28 heavy (non-hydrogen) atoms. The average Bonchev–Trinajstić information content (AvgIpc) is 3.30. The van der Waals surface area contributed by atoms with Crippen LogP contribution in [0.25, 0.3) is 10.2 Å². The van der Waals surface area contributed by atoms with Crippen molar-refractivity contribution >= 4 is 44.3 Å². The molecule has 4 rings (SSSR count). The Kier molecular flexibility index (Phi) is 5.48. The topological polar surface area (TPSA) is 87.2 Å². The number of pyridine rings is 1. The third-order valence-corrected chi connectivity index (χ3v) is 5.55. The summed E-state index contributed by atoms with van der Waals surface area (Å²) in [5.41, 5.74) is 1.45. The lowest BCUT2D eigenvalue weighted by Crippen LogP contribution is -2.30. The van der Waals surface area contributed by atoms with Crippen LogP contribution in [0.3, 0.4) is 0 Å². The van der Waals surface area contributed by atoms with Crippen molar-refractivity contribution in [3.05, 3.63) is 48.2 Å². The number of nitrogens with one attached hydrogen (secondary N) is 2. The van der Waals surface area contributed by atoms with Crippen molar-refractivity contribution in [2.75, 3.05) is 25.0 Å². The molecule has 1 saturated heterocycles. The van der Waals surface area contributed by atoms with E-state index in [0.29, 0.717) is 25.1 Å². The Labute approximate surface area is 166 Å². The SMILES string of the molecule is O=C(NCCCN1CCCC1=O)c1ccc2nc(Nc3ccccn3)sc2c1. The zero-order chi connectivity index (χ0) is 19.3. The Bertz CT molecular complexity index is 989. The van der Waals surface area contributed by atoms with Gasteiger partial charge in [0, 0.05) is 37.8 Å². The summed E-state index contributed by atoms with van der Waals surface area (Å²) < 4.78 is 0.939. The number of hydrogen-bond donors (Lipinski definition) is 2. The molecule has 2 N–H and O–H groups in total. The number of rotatable bonds is 7. The first-order valence-corrected chi connectivity index (χ1v) is 10.2. The summed E-state index contributed by atoms with van der Waals surface area (Å²) in [6.45, 7) is 2.09. The quantitative estimate of drug-likeness (QED) is 0.600. The molecule has 1 aromatic carbocycles. The normalized spacial score (nSPS) is 13.9. The summed E-state index contributed by atoms with van der Waals surface area (Å²) >= 11 is 1.48. The Morgan fingerprint density at radius 3 is 2.96 bits per heavy atom. The van der Waals surface area contributed by atoms with Crippen LogP contribution in [0.2, 0.25) is 0 Å². The molecule has 0 bridgehead atoms. The molecule has 1 aliphatic heterocycles. The van der Waals surface area contributed by atoms with Crippen LogP contribution in [0.4, 0.5) is 10.9 Å². The molecule has 0 spiro atoms. The Morgan fingerprint density at radius 1 is 1.25 bits per heavy atom. The third kappa shape index (κ3) is 4.28. The van der Waals surface area contributed by atoms with Gasteiger partial charge in [0.2, 0.25) is 5.91 Å². The number of aromatic nitrogens is 2. The molecule has 8 heteroatoms. The number of anilines is 2. The van der Waals surface area contributed by atoms with Gasteiger partial charge in [-0.25, -0.2) is 9.97 Å². The Morgan fingerprint density at radius 2 is 2.18 bits per heavy atom. The van der Waals surface area contributed by atoms with E-state index in [1.165, 1.54) is 11.3 Å². The molecule has 3 heterocycles. The lowest BCUT2D eigenvalue weighted by atomic mass is 10.2. The highest BCUT2D eigenvalue weighted by atomic mass is 32.1. The largest absolute Gasteiger partial charge is 0.352 e. The van der Waals surface area contributed by atoms with Gasteiger partial charge in [-0.2, -0.15) is 0 Å². The van der Waals surface area contributed by atoms with Gasteiger partial charge in [0.1, 0.15) is 5.82 Å². The molecule has 1 fully saturated rings. The summed E-state index contributed by atoms with van der Waals surface area (Å²) in [5.74, 6) is 0.843. The highest BCUT2D eigenvalue weighted by Gasteiger charge is 2.19. The molecule has 0 aliphatic carbocycles. The Hall–Kier alpha value is -3.00. The zero-order valence-corrected chi connectivity index (χ0v) is 16.2. The second kappa shape index (κ2) is 8.35. The first-order valence-electron chi connectivity index (χ1n) is 9.34. The van der Waals surface area contributed by atoms with E-state index in [-0.39, 0.29) is 11.8 Å². The van der Waals surface area contributed by atoms with Crippen LogP contribution in [0.5, 0.6) is 0 Å². The lowest BCUT2D eigenvalue weighted by molar-refractivity contribution is -0.127. The fraction of sp³-hybridized carbons (Fsp3) is 0.300. The van der Waals surface area contributed by atoms with Gasteiger partial charge in [-0.05, 0) is 43.2 Å². The maximum atomic E-state index is 12.4. The van der Waals surface area contributed by atoms with Gasteiger partial charge in [-0.15, -0.1) is 0 Å². The predicted molar refractivity (Wildman–Crippen MR) is 110 cm³/mol. The van der Waals surface area contributed by atoms with E-state index in [1.54, 1.807) is 12.3 Å². The number of carbonyl (C=O) groups excluding carboxylic acids is 2. The average molecular weight is 395 g/mol. The van der Waals surface area contributed by atoms with E-state index >= 15 is 0 Å². The van der Waals surface area contributed by atoms with Gasteiger partial charge < -0.3 is 15.5 Å². The van der Waals surface area contributed by atoms with E-state index in [1.807, 2.05) is 35.2 Å². The monoisotopic (exact) mass is 395 g/mol. The molecule has 144 valence electrons. The predicted octanol–water partition coefficient (Wildman–Crippen LogP) is 3.18. The van der Waals surface area contributed by atoms with Gasteiger partial charge in [0.25, 0.3) is 5.91 Å². The van der Waals surface area contributed by atoms with Crippen molar-refractivity contribution in [2.45, 2.75) is 19.3 Å². The number of hydrogen-bond acceptors (Lipinski definition) is 6. The van der Waals surface area contributed by atoms with Crippen molar-refractivity contribution < 1.29 is 9.59 Å². The molecule has 3 aromatic rings. The minimum atomic E-state index is -0.109. The molecule has 0 saturated carbocycles. The van der Waals surface area contributed by atoms with Crippen molar-refractivity contribution in [2.24, 2.45) is 0 Å². The van der Waals surface area contributed by atoms with Gasteiger partial charge in [-0.3, -0.25) is 9.59 Å². The van der Waals surface area contributed by atoms with Crippen molar-refractivity contribution in [3.63, 3.8) is 0 Å². The molecular formula is C20H21N5O2S. The van der Waals surface area contributed by atoms with Crippen LogP contribution < -0.4 is 10.6 Å². The minimum absolute atomic E-state index is 0.109. The third-order valence-electron chi connectivity index (χ3n) is 4.61. The summed E-state index contributed by atoms with van der Waals surface area (Å²) in [5, 5.41) is 6.85. The summed E-state index contributed by atoms with van der Waals surface area (Å²) in [6.07, 6.45) is 4.08. The minimum Gasteiger partial charge on any atom is -0.352 e. The fourth-order valence-corrected chi connectivity index (χ4v) is 4.09. The van der Waals surface area contributed by atoms with Crippen molar-refractivity contribution in [1.29, 1.82) is 0 Å². The first kappa shape index (κ1) is 18.4. The van der Waals surface area contributed by atoms with Crippen LogP contribution in [0.15, 0.2) is 42.6 Å². The van der Waals surface area contributed by atoms with Crippen molar-refractivity contribution in [3.8, 4) is 0 Å². The molecular weight excluding hydrogens is 374 g/mol. The highest BCUT2D eigenvalue weighted by molar-refractivity contribution is 7.22. The summed E-state index contributed by atoms with van der Waals surface area (Å²) in [7, 11) is 0. The number of benzene rings is 1. The second-order valence-electron chi connectivity index (χ2n) is 6.64. The van der Waals surface area contributed by atoms with Gasteiger partial charge in [0.05, 0.1) is 10.2 Å². The second-order valence-corrected chi connectivity index (χ2v) is 7.67. The van der Waals surface area contributed by atoms with E-state index in [0.717, 1.165) is 40.6 Å². The number of carbonyl (C=O) groups is 2. The zero-order valence-electron chi connectivity index (χ0n) is 15.4. The number of likely N-dealkylation sites (tertiary alicyclic amines) is 1. The fourth-order valence-electron chi connectivity index (χ4n) is 3.18. The van der Waals surface area contributed by atoms with E-state index in [2.05, 4.69) is 20.6 Å². The first-order chi connectivity index (χ1) is 13.7. The van der Waals surface area contributed by atoms with Gasteiger partial charge >= 0.3 is 0 Å². The summed E-state index contributed by atoms with van der Waals surface area (Å²) in [4.78, 5) is 34.6. The smallest absolute Gasteiger partial charge is 0.251 e. The van der Waals surface area contributed by atoms with Crippen molar-refractivity contribution in [1.82, 2.24) is 20.2 Å². The molecule has 1 aliphatic rings. The Balaban J connectivity index is 1.34. The van der Waals surface area contributed by atoms with Gasteiger partial charge in [0.15, 0.2) is 5.13 Å². The van der Waals surface area contributed by atoms with Crippen LogP contribution in [-0.4, -0.2) is 46.3 Å². The molecule has 0 atom stereocenters. The van der Waals surface area contributed by atoms with E-state index in [9.17, 15) is 9.59 Å². The summed E-state index contributed by atoms with van der Waals surface area (Å²) in [6, 6.07) is 11.1. The molecule has 0 unspecified atom stereocenters. The molecule has 2 amide bonds. The van der Waals surface area contributed by atoms with Crippen LogP contribution in [0, 0.1) is 0 Å². The molecule has 7 nitrogen and oxygen atoms in total. The van der Waals surface area contributed by atoms with Crippen LogP contribution >= 0.6 is 11.3 Å². The lowest BCUT2D eigenvalue weighted by Gasteiger charge is -2.15. The standard InChI is InChI=1S/C20H21N5O2S/c26-18-6-3-11-25(18)12-4-10-22-19(27)14-7-8-15-16(13-14)28-20(23-15)24-17-5-1-2-9-21-17/h1-2,5,7-9,13H,3-4,6,10-12H2,(H,22,27)(H,21,23,24). The number of amides is 2. The maximum Gasteiger partial charge on any atom is 0.251 e. The number of nitrogens with zero attached hydrogens (tertiary/aromatic N) is 3. The molecule has 2 aromatic heterocycles. The highest BCUT2D eigenvalue weighted by Crippen LogP contribution is 2.28.